The van der Waals surface area contributed by atoms with E-state index in [0.29, 0.717) is 12.5 Å². The van der Waals surface area contributed by atoms with Gasteiger partial charge in [0.15, 0.2) is 5.13 Å². The first kappa shape index (κ1) is 15.6. The van der Waals surface area contributed by atoms with Crippen molar-refractivity contribution >= 4 is 22.2 Å². The second-order valence-corrected chi connectivity index (χ2v) is 6.36. The zero-order valence-corrected chi connectivity index (χ0v) is 13.8. The van der Waals surface area contributed by atoms with Crippen LogP contribution in [0.3, 0.4) is 0 Å². The van der Waals surface area contributed by atoms with E-state index in [1.165, 1.54) is 11.1 Å². The van der Waals surface area contributed by atoms with E-state index in [4.69, 9.17) is 4.74 Å². The van der Waals surface area contributed by atoms with Crippen LogP contribution in [0.4, 0.5) is 10.8 Å². The number of anilines is 2. The Bertz CT molecular complexity index is 599. The van der Waals surface area contributed by atoms with Crippen LogP contribution < -0.4 is 10.1 Å². The molecule has 0 saturated heterocycles. The van der Waals surface area contributed by atoms with Gasteiger partial charge in [0.05, 0.1) is 0 Å². The summed E-state index contributed by atoms with van der Waals surface area (Å²) in [4.78, 5) is 4.24. The molecule has 0 bridgehead atoms. The molecule has 1 heterocycles. The van der Waals surface area contributed by atoms with Gasteiger partial charge in [-0.15, -0.1) is 11.3 Å². The first-order valence-electron chi connectivity index (χ1n) is 7.13. The van der Waals surface area contributed by atoms with E-state index in [9.17, 15) is 0 Å². The SMILES string of the molecule is CC(C)=CCOc1cc(Nc2nccs2)ccc1C(C)C. The van der Waals surface area contributed by atoms with Gasteiger partial charge in [0.2, 0.25) is 0 Å². The van der Waals surface area contributed by atoms with Gasteiger partial charge in [-0.05, 0) is 37.5 Å². The van der Waals surface area contributed by atoms with Crippen molar-refractivity contribution < 1.29 is 4.74 Å². The van der Waals surface area contributed by atoms with E-state index < -0.39 is 0 Å². The maximum Gasteiger partial charge on any atom is 0.187 e. The van der Waals surface area contributed by atoms with E-state index in [1.807, 2.05) is 5.38 Å². The fourth-order valence-electron chi connectivity index (χ4n) is 1.92. The van der Waals surface area contributed by atoms with Crippen molar-refractivity contribution in [1.29, 1.82) is 0 Å². The number of benzene rings is 1. The minimum absolute atomic E-state index is 0.431. The molecule has 0 radical (unpaired) electrons. The number of ether oxygens (including phenoxy) is 1. The largest absolute Gasteiger partial charge is 0.489 e. The smallest absolute Gasteiger partial charge is 0.187 e. The number of aromatic nitrogens is 1. The van der Waals surface area contributed by atoms with E-state index in [2.05, 4.69) is 62.3 Å². The number of rotatable bonds is 6. The lowest BCUT2D eigenvalue weighted by Gasteiger charge is -2.15. The van der Waals surface area contributed by atoms with Crippen LogP contribution in [0.5, 0.6) is 5.75 Å². The molecule has 1 aromatic carbocycles. The van der Waals surface area contributed by atoms with Gasteiger partial charge in [-0.2, -0.15) is 0 Å². The molecule has 0 amide bonds. The minimum atomic E-state index is 0.431. The third kappa shape index (κ3) is 4.60. The molecule has 0 aliphatic heterocycles. The molecule has 0 saturated carbocycles. The van der Waals surface area contributed by atoms with Crippen LogP contribution in [0, 0.1) is 0 Å². The number of nitrogens with one attached hydrogen (secondary N) is 1. The number of allylic oxidation sites excluding steroid dienone is 1. The van der Waals surface area contributed by atoms with Crippen LogP contribution in [-0.2, 0) is 0 Å². The van der Waals surface area contributed by atoms with Crippen molar-refractivity contribution in [2.45, 2.75) is 33.6 Å². The lowest BCUT2D eigenvalue weighted by Crippen LogP contribution is -2.01. The molecule has 1 aromatic heterocycles. The third-order valence-corrected chi connectivity index (χ3v) is 3.74. The number of hydrogen-bond donors (Lipinski definition) is 1. The Morgan fingerprint density at radius 2 is 2.19 bits per heavy atom. The highest BCUT2D eigenvalue weighted by atomic mass is 32.1. The lowest BCUT2D eigenvalue weighted by molar-refractivity contribution is 0.356. The van der Waals surface area contributed by atoms with E-state index in [1.54, 1.807) is 17.5 Å². The molecule has 0 unspecified atom stereocenters. The van der Waals surface area contributed by atoms with Gasteiger partial charge in [-0.1, -0.05) is 25.5 Å². The second-order valence-electron chi connectivity index (χ2n) is 5.46. The minimum Gasteiger partial charge on any atom is -0.489 e. The highest BCUT2D eigenvalue weighted by Gasteiger charge is 2.09. The molecular weight excluding hydrogens is 280 g/mol. The Balaban J connectivity index is 2.19. The normalized spacial score (nSPS) is 10.5. The Morgan fingerprint density at radius 3 is 2.81 bits per heavy atom. The molecular formula is C17H22N2OS. The van der Waals surface area contributed by atoms with E-state index >= 15 is 0 Å². The summed E-state index contributed by atoms with van der Waals surface area (Å²) in [5.41, 5.74) is 3.49. The lowest BCUT2D eigenvalue weighted by atomic mass is 10.0. The monoisotopic (exact) mass is 302 g/mol. The highest BCUT2D eigenvalue weighted by Crippen LogP contribution is 2.31. The molecule has 1 N–H and O–H groups in total. The second kappa shape index (κ2) is 7.27. The average molecular weight is 302 g/mol. The van der Waals surface area contributed by atoms with Crippen molar-refractivity contribution in [3.63, 3.8) is 0 Å². The molecule has 4 heteroatoms. The zero-order valence-electron chi connectivity index (χ0n) is 13.0. The summed E-state index contributed by atoms with van der Waals surface area (Å²) < 4.78 is 5.94. The van der Waals surface area contributed by atoms with Gasteiger partial charge < -0.3 is 10.1 Å². The van der Waals surface area contributed by atoms with Gasteiger partial charge in [-0.3, -0.25) is 0 Å². The van der Waals surface area contributed by atoms with Crippen LogP contribution >= 0.6 is 11.3 Å². The van der Waals surface area contributed by atoms with Crippen LogP contribution in [0.2, 0.25) is 0 Å². The summed E-state index contributed by atoms with van der Waals surface area (Å²) in [6.07, 6.45) is 3.88. The summed E-state index contributed by atoms with van der Waals surface area (Å²) in [6, 6.07) is 6.25. The van der Waals surface area contributed by atoms with Crippen LogP contribution in [0.25, 0.3) is 0 Å². The van der Waals surface area contributed by atoms with E-state index in [0.717, 1.165) is 16.6 Å². The number of nitrogens with zero attached hydrogens (tertiary/aromatic N) is 1. The first-order chi connectivity index (χ1) is 10.1. The van der Waals surface area contributed by atoms with Crippen molar-refractivity contribution in [3.05, 3.63) is 47.0 Å². The third-order valence-electron chi connectivity index (χ3n) is 3.05. The predicted octanol–water partition coefficient (Wildman–Crippen LogP) is 5.36. The molecule has 0 spiro atoms. The molecule has 2 rings (SSSR count). The summed E-state index contributed by atoms with van der Waals surface area (Å²) in [5, 5.41) is 6.15. The van der Waals surface area contributed by atoms with Crippen LogP contribution in [-0.4, -0.2) is 11.6 Å². The molecule has 0 atom stereocenters. The molecule has 0 fully saturated rings. The standard InChI is InChI=1S/C17H22N2OS/c1-12(2)7-9-20-16-11-14(5-6-15(16)13(3)4)19-17-18-8-10-21-17/h5-8,10-11,13H,9H2,1-4H3,(H,18,19). The molecule has 3 nitrogen and oxygen atoms in total. The summed E-state index contributed by atoms with van der Waals surface area (Å²) in [5.74, 6) is 1.37. The average Bonchev–Trinajstić information content (AvgIpc) is 2.91. The summed E-state index contributed by atoms with van der Waals surface area (Å²) in [6.45, 7) is 9.11. The Morgan fingerprint density at radius 1 is 1.38 bits per heavy atom. The molecule has 112 valence electrons. The van der Waals surface area contributed by atoms with Crippen LogP contribution in [0.15, 0.2) is 41.4 Å². The van der Waals surface area contributed by atoms with E-state index in [-0.39, 0.29) is 0 Å². The Hall–Kier alpha value is -1.81. The van der Waals surface area contributed by atoms with Gasteiger partial charge in [0.25, 0.3) is 0 Å². The highest BCUT2D eigenvalue weighted by molar-refractivity contribution is 7.13. The van der Waals surface area contributed by atoms with Crippen LogP contribution in [0.1, 0.15) is 39.2 Å². The Kier molecular flexibility index (Phi) is 5.39. The Labute approximate surface area is 130 Å². The maximum atomic E-state index is 5.94. The van der Waals surface area contributed by atoms with Crippen molar-refractivity contribution in [1.82, 2.24) is 4.98 Å². The van der Waals surface area contributed by atoms with Gasteiger partial charge in [0, 0.05) is 23.3 Å². The van der Waals surface area contributed by atoms with Gasteiger partial charge >= 0.3 is 0 Å². The van der Waals surface area contributed by atoms with Crippen molar-refractivity contribution in [3.8, 4) is 5.75 Å². The summed E-state index contributed by atoms with van der Waals surface area (Å²) >= 11 is 1.58. The van der Waals surface area contributed by atoms with Gasteiger partial charge in [-0.25, -0.2) is 4.98 Å². The summed E-state index contributed by atoms with van der Waals surface area (Å²) in [7, 11) is 0. The fraction of sp³-hybridized carbons (Fsp3) is 0.353. The molecule has 0 aliphatic rings. The maximum absolute atomic E-state index is 5.94. The quantitative estimate of drug-likeness (QED) is 0.730. The van der Waals surface area contributed by atoms with Crippen molar-refractivity contribution in [2.75, 3.05) is 11.9 Å². The zero-order chi connectivity index (χ0) is 15.2. The molecule has 0 aliphatic carbocycles. The fourth-order valence-corrected chi connectivity index (χ4v) is 2.47. The van der Waals surface area contributed by atoms with Crippen molar-refractivity contribution in [2.24, 2.45) is 0 Å². The number of hydrogen-bond acceptors (Lipinski definition) is 4. The predicted molar refractivity (Wildman–Crippen MR) is 90.9 cm³/mol. The molecule has 2 aromatic rings. The van der Waals surface area contributed by atoms with Gasteiger partial charge in [0.1, 0.15) is 12.4 Å². The molecule has 21 heavy (non-hydrogen) atoms. The topological polar surface area (TPSA) is 34.1 Å². The first-order valence-corrected chi connectivity index (χ1v) is 8.01. The number of thiazole rings is 1.